The first kappa shape index (κ1) is 35.4. The number of halogens is 1. The second kappa shape index (κ2) is 14.2. The molecular formula is C37H40BrN9O5. The SMILES string of the molecule is C=CCOC(=O)N1CCN(CC23CC2N(C(=O)Cn2nc(C(C)=O)c4cc(-c5cnc(C)nc5)ccc42)[C@H](C(=O)Nc2nc(Br)ccc2C)C3)CC1. The minimum atomic E-state index is -0.733. The molecule has 2 saturated heterocycles. The summed E-state index contributed by atoms with van der Waals surface area (Å²) < 4.78 is 7.36. The van der Waals surface area contributed by atoms with Gasteiger partial charge in [0.05, 0.1) is 5.52 Å². The Morgan fingerprint density at radius 1 is 1.04 bits per heavy atom. The lowest BCUT2D eigenvalue weighted by Gasteiger charge is -2.35. The average molecular weight is 771 g/mol. The highest BCUT2D eigenvalue weighted by Crippen LogP contribution is 2.60. The smallest absolute Gasteiger partial charge is 0.410 e. The van der Waals surface area contributed by atoms with Gasteiger partial charge in [0.15, 0.2) is 5.78 Å². The summed E-state index contributed by atoms with van der Waals surface area (Å²) in [7, 11) is 0. The first-order chi connectivity index (χ1) is 25.0. The number of pyridine rings is 1. The number of nitrogens with zero attached hydrogens (tertiary/aromatic N) is 8. The number of anilines is 1. The summed E-state index contributed by atoms with van der Waals surface area (Å²) in [6, 6.07) is 8.41. The zero-order valence-electron chi connectivity index (χ0n) is 29.3. The average Bonchev–Trinajstić information content (AvgIpc) is 3.53. The van der Waals surface area contributed by atoms with Crippen molar-refractivity contribution >= 4 is 56.3 Å². The lowest BCUT2D eigenvalue weighted by molar-refractivity contribution is -0.138. The molecule has 270 valence electrons. The fraction of sp³-hybridized carbons (Fsp3) is 0.405. The minimum absolute atomic E-state index is 0.146. The van der Waals surface area contributed by atoms with E-state index in [2.05, 4.69) is 52.8 Å². The molecule has 5 heterocycles. The molecule has 2 aliphatic heterocycles. The van der Waals surface area contributed by atoms with E-state index in [4.69, 9.17) is 4.74 Å². The van der Waals surface area contributed by atoms with Crippen molar-refractivity contribution in [2.75, 3.05) is 44.6 Å². The number of nitrogens with one attached hydrogen (secondary N) is 1. The van der Waals surface area contributed by atoms with Gasteiger partial charge in [-0.3, -0.25) is 24.0 Å². The van der Waals surface area contributed by atoms with Crippen molar-refractivity contribution in [1.29, 1.82) is 0 Å². The molecule has 52 heavy (non-hydrogen) atoms. The number of benzene rings is 1. The molecule has 1 aromatic carbocycles. The number of aromatic nitrogens is 5. The molecule has 1 saturated carbocycles. The first-order valence-electron chi connectivity index (χ1n) is 17.3. The summed E-state index contributed by atoms with van der Waals surface area (Å²) in [5.74, 6) is 0.303. The predicted octanol–water partition coefficient (Wildman–Crippen LogP) is 4.41. The highest BCUT2D eigenvalue weighted by Gasteiger charge is 2.67. The summed E-state index contributed by atoms with van der Waals surface area (Å²) in [5.41, 5.74) is 3.05. The van der Waals surface area contributed by atoms with Crippen LogP contribution in [0.5, 0.6) is 0 Å². The van der Waals surface area contributed by atoms with Gasteiger partial charge >= 0.3 is 6.09 Å². The van der Waals surface area contributed by atoms with Crippen LogP contribution in [0.15, 0.2) is 60.0 Å². The zero-order chi connectivity index (χ0) is 36.7. The number of hydrogen-bond acceptors (Lipinski definition) is 10. The Hall–Kier alpha value is -5.02. The highest BCUT2D eigenvalue weighted by molar-refractivity contribution is 9.10. The summed E-state index contributed by atoms with van der Waals surface area (Å²) >= 11 is 3.39. The Bertz CT molecular complexity index is 2080. The highest BCUT2D eigenvalue weighted by atomic mass is 79.9. The van der Waals surface area contributed by atoms with E-state index >= 15 is 0 Å². The number of carbonyl (C=O) groups is 4. The van der Waals surface area contributed by atoms with Crippen molar-refractivity contribution in [3.8, 4) is 11.1 Å². The number of hydrogen-bond donors (Lipinski definition) is 1. The van der Waals surface area contributed by atoms with Crippen LogP contribution in [0.25, 0.3) is 22.0 Å². The predicted molar refractivity (Wildman–Crippen MR) is 196 cm³/mol. The van der Waals surface area contributed by atoms with Gasteiger partial charge in [0, 0.05) is 74.4 Å². The maximum absolute atomic E-state index is 14.4. The van der Waals surface area contributed by atoms with E-state index in [0.717, 1.165) is 23.1 Å². The maximum atomic E-state index is 14.4. The Balaban J connectivity index is 1.14. The molecule has 3 aromatic heterocycles. The minimum Gasteiger partial charge on any atom is -0.445 e. The number of fused-ring (bicyclic) bond motifs is 2. The summed E-state index contributed by atoms with van der Waals surface area (Å²) in [6.45, 7) is 11.8. The van der Waals surface area contributed by atoms with Gasteiger partial charge in [-0.1, -0.05) is 24.8 Å². The Morgan fingerprint density at radius 2 is 1.79 bits per heavy atom. The summed E-state index contributed by atoms with van der Waals surface area (Å²) in [5, 5.41) is 8.22. The topological polar surface area (TPSA) is 156 Å². The van der Waals surface area contributed by atoms with E-state index in [1.807, 2.05) is 38.1 Å². The van der Waals surface area contributed by atoms with Gasteiger partial charge in [0.2, 0.25) is 11.8 Å². The van der Waals surface area contributed by atoms with Crippen LogP contribution < -0.4 is 5.32 Å². The molecule has 0 bridgehead atoms. The van der Waals surface area contributed by atoms with Crippen LogP contribution >= 0.6 is 15.9 Å². The lowest BCUT2D eigenvalue weighted by atomic mass is 9.97. The van der Waals surface area contributed by atoms with Gasteiger partial charge in [-0.25, -0.2) is 19.7 Å². The van der Waals surface area contributed by atoms with Gasteiger partial charge in [0.1, 0.15) is 41.1 Å². The molecular weight excluding hydrogens is 730 g/mol. The van der Waals surface area contributed by atoms with Gasteiger partial charge < -0.3 is 19.9 Å². The number of piperazine rings is 1. The molecule has 7 rings (SSSR count). The Morgan fingerprint density at radius 3 is 2.50 bits per heavy atom. The van der Waals surface area contributed by atoms with E-state index in [9.17, 15) is 19.2 Å². The van der Waals surface area contributed by atoms with Crippen molar-refractivity contribution in [3.05, 3.63) is 77.1 Å². The van der Waals surface area contributed by atoms with Gasteiger partial charge in [-0.15, -0.1) is 0 Å². The van der Waals surface area contributed by atoms with Crippen molar-refractivity contribution in [3.63, 3.8) is 0 Å². The standard InChI is InChI=1S/C37H40BrN9O5/c1-5-14-52-36(51)45-12-10-44(11-13-45)21-37-16-29(35(50)42-34-22(2)6-9-31(38)41-34)47(30(37)17-37)32(49)20-46-28-8-7-25(26-18-39-24(4)40-19-26)15-27(28)33(43-46)23(3)48/h5-9,15,18-19,29-30H,1,10-14,16-17,20-21H2,2-4H3,(H,41,42,50)/t29-,30?,37?/m0/s1. The molecule has 1 aliphatic carbocycles. The normalized spacial score (nSPS) is 21.2. The third-order valence-electron chi connectivity index (χ3n) is 10.3. The number of amides is 3. The van der Waals surface area contributed by atoms with Crippen molar-refractivity contribution in [1.82, 2.24) is 39.4 Å². The first-order valence-corrected chi connectivity index (χ1v) is 18.1. The largest absolute Gasteiger partial charge is 0.445 e. The van der Waals surface area contributed by atoms with Crippen LogP contribution in [0.1, 0.15) is 41.6 Å². The van der Waals surface area contributed by atoms with Crippen LogP contribution in [-0.4, -0.2) is 115 Å². The third kappa shape index (κ3) is 6.94. The fourth-order valence-electron chi connectivity index (χ4n) is 7.52. The Kier molecular flexibility index (Phi) is 9.65. The van der Waals surface area contributed by atoms with Crippen LogP contribution in [0.2, 0.25) is 0 Å². The number of carbonyl (C=O) groups excluding carboxylic acids is 4. The molecule has 3 fully saturated rings. The molecule has 3 aliphatic rings. The summed E-state index contributed by atoms with van der Waals surface area (Å²) in [4.78, 5) is 72.4. The van der Waals surface area contributed by atoms with Gasteiger partial charge in [-0.05, 0) is 71.9 Å². The lowest BCUT2D eigenvalue weighted by Crippen LogP contribution is -2.50. The van der Waals surface area contributed by atoms with Crippen LogP contribution in [0.3, 0.4) is 0 Å². The quantitative estimate of drug-likeness (QED) is 0.139. The molecule has 3 amide bonds. The molecule has 15 heteroatoms. The van der Waals surface area contributed by atoms with Crippen molar-refractivity contribution in [2.45, 2.75) is 52.2 Å². The summed E-state index contributed by atoms with van der Waals surface area (Å²) in [6.07, 6.45) is 5.91. The molecule has 1 N–H and O–H groups in total. The molecule has 3 atom stereocenters. The molecule has 0 spiro atoms. The molecule has 2 unspecified atom stereocenters. The third-order valence-corrected chi connectivity index (χ3v) is 10.7. The van der Waals surface area contributed by atoms with Gasteiger partial charge in [0.25, 0.3) is 0 Å². The van der Waals surface area contributed by atoms with Crippen molar-refractivity contribution in [2.24, 2.45) is 5.41 Å². The van der Waals surface area contributed by atoms with E-state index in [0.29, 0.717) is 66.3 Å². The maximum Gasteiger partial charge on any atom is 0.410 e. The van der Waals surface area contributed by atoms with E-state index in [1.54, 1.807) is 39.0 Å². The van der Waals surface area contributed by atoms with E-state index in [-0.39, 0.29) is 54.0 Å². The number of aryl methyl sites for hydroxylation is 2. The Labute approximate surface area is 309 Å². The molecule has 14 nitrogen and oxygen atoms in total. The van der Waals surface area contributed by atoms with Crippen LogP contribution in [0.4, 0.5) is 10.6 Å². The number of ether oxygens (including phenoxy) is 1. The number of likely N-dealkylation sites (tertiary alicyclic amines) is 1. The number of Topliss-reactive ketones (excluding diaryl/α,β-unsaturated/α-hetero) is 1. The fourth-order valence-corrected chi connectivity index (χ4v) is 7.83. The van der Waals surface area contributed by atoms with Crippen LogP contribution in [-0.2, 0) is 20.9 Å². The van der Waals surface area contributed by atoms with E-state index < -0.39 is 6.04 Å². The molecule has 4 aromatic rings. The number of ketones is 1. The number of rotatable bonds is 10. The second-order valence-electron chi connectivity index (χ2n) is 13.8. The van der Waals surface area contributed by atoms with E-state index in [1.165, 1.54) is 6.92 Å². The zero-order valence-corrected chi connectivity index (χ0v) is 30.9. The monoisotopic (exact) mass is 769 g/mol. The molecule has 0 radical (unpaired) electrons. The van der Waals surface area contributed by atoms with Crippen molar-refractivity contribution < 1.29 is 23.9 Å². The van der Waals surface area contributed by atoms with Crippen LogP contribution in [0, 0.1) is 19.3 Å². The number of piperidine rings is 1. The second-order valence-corrected chi connectivity index (χ2v) is 14.6. The van der Waals surface area contributed by atoms with Gasteiger partial charge in [-0.2, -0.15) is 5.10 Å².